The van der Waals surface area contributed by atoms with Crippen molar-refractivity contribution < 1.29 is 9.90 Å². The number of likely N-dealkylation sites (tertiary alicyclic amines) is 1. The van der Waals surface area contributed by atoms with Gasteiger partial charge in [0.2, 0.25) is 0 Å². The Balaban J connectivity index is 1.83. The third kappa shape index (κ3) is 4.80. The molecular formula is C17H22N2O2. The molecule has 0 aromatic heterocycles. The van der Waals surface area contributed by atoms with E-state index in [9.17, 15) is 4.79 Å². The number of carbonyl (C=O) groups is 1. The molecule has 112 valence electrons. The fraction of sp³-hybridized carbons (Fsp3) is 0.471. The minimum atomic E-state index is -0.133. The quantitative estimate of drug-likeness (QED) is 0.817. The summed E-state index contributed by atoms with van der Waals surface area (Å²) in [5, 5.41) is 11.6. The van der Waals surface area contributed by atoms with Crippen LogP contribution in [0.1, 0.15) is 30.9 Å². The summed E-state index contributed by atoms with van der Waals surface area (Å²) in [6, 6.07) is 7.70. The summed E-state index contributed by atoms with van der Waals surface area (Å²) in [7, 11) is 0. The fourth-order valence-electron chi connectivity index (χ4n) is 2.51. The molecule has 1 aromatic rings. The lowest BCUT2D eigenvalue weighted by atomic mass is 10.0. The monoisotopic (exact) mass is 286 g/mol. The minimum Gasteiger partial charge on any atom is -0.384 e. The molecule has 0 bridgehead atoms. The van der Waals surface area contributed by atoms with Crippen LogP contribution in [0.25, 0.3) is 0 Å². The largest absolute Gasteiger partial charge is 0.384 e. The van der Waals surface area contributed by atoms with Crippen molar-refractivity contribution in [2.45, 2.75) is 26.3 Å². The van der Waals surface area contributed by atoms with Gasteiger partial charge in [0.05, 0.1) is 0 Å². The number of urea groups is 1. The maximum Gasteiger partial charge on any atom is 0.317 e. The lowest BCUT2D eigenvalue weighted by Gasteiger charge is -2.30. The first-order valence-electron chi connectivity index (χ1n) is 7.40. The van der Waals surface area contributed by atoms with Crippen molar-refractivity contribution in [2.24, 2.45) is 5.92 Å². The Hall–Kier alpha value is -1.99. The molecule has 21 heavy (non-hydrogen) atoms. The Morgan fingerprint density at radius 3 is 2.86 bits per heavy atom. The van der Waals surface area contributed by atoms with Crippen LogP contribution in [0.4, 0.5) is 4.79 Å². The molecule has 4 heteroatoms. The first kappa shape index (κ1) is 15.4. The number of amides is 2. The van der Waals surface area contributed by atoms with Crippen LogP contribution in [-0.4, -0.2) is 35.7 Å². The number of hydrogen-bond donors (Lipinski definition) is 2. The smallest absolute Gasteiger partial charge is 0.317 e. The maximum atomic E-state index is 12.1. The number of hydrogen-bond acceptors (Lipinski definition) is 2. The first-order valence-corrected chi connectivity index (χ1v) is 7.40. The van der Waals surface area contributed by atoms with Gasteiger partial charge in [-0.05, 0) is 36.5 Å². The van der Waals surface area contributed by atoms with Crippen molar-refractivity contribution in [3.63, 3.8) is 0 Å². The van der Waals surface area contributed by atoms with E-state index in [1.54, 1.807) is 0 Å². The molecular weight excluding hydrogens is 264 g/mol. The van der Waals surface area contributed by atoms with Gasteiger partial charge in [0.15, 0.2) is 0 Å². The fourth-order valence-corrected chi connectivity index (χ4v) is 2.51. The van der Waals surface area contributed by atoms with Gasteiger partial charge in [-0.1, -0.05) is 30.9 Å². The van der Waals surface area contributed by atoms with Gasteiger partial charge in [0.25, 0.3) is 0 Å². The van der Waals surface area contributed by atoms with E-state index in [0.717, 1.165) is 30.6 Å². The minimum absolute atomic E-state index is 0.0192. The van der Waals surface area contributed by atoms with Crippen LogP contribution < -0.4 is 5.32 Å². The van der Waals surface area contributed by atoms with Crippen molar-refractivity contribution in [1.29, 1.82) is 0 Å². The van der Waals surface area contributed by atoms with Gasteiger partial charge in [0.1, 0.15) is 6.61 Å². The number of aliphatic hydroxyl groups excluding tert-OH is 1. The SMILES string of the molecule is CC1CCCN(C(=O)NCc2ccc(C#CCO)cc2)C1. The van der Waals surface area contributed by atoms with Crippen molar-refractivity contribution in [3.8, 4) is 11.8 Å². The van der Waals surface area contributed by atoms with E-state index in [1.165, 1.54) is 6.42 Å². The summed E-state index contributed by atoms with van der Waals surface area (Å²) in [5.74, 6) is 6.05. The molecule has 4 nitrogen and oxygen atoms in total. The van der Waals surface area contributed by atoms with Crippen molar-refractivity contribution in [2.75, 3.05) is 19.7 Å². The van der Waals surface area contributed by atoms with Crippen LogP contribution in [0.3, 0.4) is 0 Å². The molecule has 2 rings (SSSR count). The van der Waals surface area contributed by atoms with E-state index in [2.05, 4.69) is 24.1 Å². The molecule has 2 N–H and O–H groups in total. The Morgan fingerprint density at radius 1 is 1.43 bits per heavy atom. The molecule has 2 amide bonds. The predicted molar refractivity (Wildman–Crippen MR) is 82.6 cm³/mol. The predicted octanol–water partition coefficient (Wildman–Crippen LogP) is 1.97. The van der Waals surface area contributed by atoms with Crippen LogP contribution in [-0.2, 0) is 6.54 Å². The van der Waals surface area contributed by atoms with Crippen LogP contribution in [0.5, 0.6) is 0 Å². The number of nitrogens with zero attached hydrogens (tertiary/aromatic N) is 1. The lowest BCUT2D eigenvalue weighted by molar-refractivity contribution is 0.169. The number of nitrogens with one attached hydrogen (secondary N) is 1. The summed E-state index contributed by atoms with van der Waals surface area (Å²) in [4.78, 5) is 14.0. The summed E-state index contributed by atoms with van der Waals surface area (Å²) in [6.45, 7) is 4.28. The second-order valence-corrected chi connectivity index (χ2v) is 5.51. The Bertz CT molecular complexity index is 528. The van der Waals surface area contributed by atoms with Gasteiger partial charge >= 0.3 is 6.03 Å². The molecule has 1 saturated heterocycles. The summed E-state index contributed by atoms with van der Waals surface area (Å²) in [6.07, 6.45) is 2.30. The molecule has 1 atom stereocenters. The summed E-state index contributed by atoms with van der Waals surface area (Å²) >= 11 is 0. The summed E-state index contributed by atoms with van der Waals surface area (Å²) in [5.41, 5.74) is 1.91. The van der Waals surface area contributed by atoms with E-state index in [0.29, 0.717) is 12.5 Å². The lowest BCUT2D eigenvalue weighted by Crippen LogP contribution is -2.44. The van der Waals surface area contributed by atoms with E-state index >= 15 is 0 Å². The molecule has 1 unspecified atom stereocenters. The van der Waals surface area contributed by atoms with E-state index in [4.69, 9.17) is 5.11 Å². The second-order valence-electron chi connectivity index (χ2n) is 5.51. The number of aliphatic hydroxyl groups is 1. The molecule has 1 aliphatic heterocycles. The number of rotatable bonds is 2. The zero-order chi connectivity index (χ0) is 15.1. The Kier molecular flexibility index (Phi) is 5.65. The molecule has 0 spiro atoms. The topological polar surface area (TPSA) is 52.6 Å². The molecule has 0 aliphatic carbocycles. The standard InChI is InChI=1S/C17H22N2O2/c1-14-4-2-10-19(13-14)17(21)18-12-16-8-6-15(7-9-16)5-3-11-20/h6-9,14,20H,2,4,10-13H2,1H3,(H,18,21). The third-order valence-electron chi connectivity index (χ3n) is 3.65. The van der Waals surface area contributed by atoms with Crippen molar-refractivity contribution in [1.82, 2.24) is 10.2 Å². The van der Waals surface area contributed by atoms with Gasteiger partial charge in [-0.2, -0.15) is 0 Å². The average Bonchev–Trinajstić information content (AvgIpc) is 2.51. The van der Waals surface area contributed by atoms with Gasteiger partial charge in [-0.25, -0.2) is 4.79 Å². The number of benzene rings is 1. The normalized spacial score (nSPS) is 17.8. The highest BCUT2D eigenvalue weighted by atomic mass is 16.2. The van der Waals surface area contributed by atoms with Crippen LogP contribution in [0.15, 0.2) is 24.3 Å². The molecule has 0 saturated carbocycles. The van der Waals surface area contributed by atoms with Gasteiger partial charge in [-0.15, -0.1) is 0 Å². The molecule has 0 radical (unpaired) electrons. The highest BCUT2D eigenvalue weighted by Gasteiger charge is 2.20. The zero-order valence-electron chi connectivity index (χ0n) is 12.4. The van der Waals surface area contributed by atoms with Gasteiger partial charge in [0, 0.05) is 25.2 Å². The number of piperidine rings is 1. The van der Waals surface area contributed by atoms with E-state index in [1.807, 2.05) is 29.2 Å². The van der Waals surface area contributed by atoms with Crippen molar-refractivity contribution in [3.05, 3.63) is 35.4 Å². The van der Waals surface area contributed by atoms with Crippen LogP contribution in [0, 0.1) is 17.8 Å². The van der Waals surface area contributed by atoms with E-state index < -0.39 is 0 Å². The number of carbonyl (C=O) groups excluding carboxylic acids is 1. The maximum absolute atomic E-state index is 12.1. The molecule has 1 fully saturated rings. The first-order chi connectivity index (χ1) is 10.2. The van der Waals surface area contributed by atoms with Crippen LogP contribution >= 0.6 is 0 Å². The van der Waals surface area contributed by atoms with Gasteiger partial charge < -0.3 is 15.3 Å². The Morgan fingerprint density at radius 2 is 2.19 bits per heavy atom. The highest BCUT2D eigenvalue weighted by molar-refractivity contribution is 5.74. The molecule has 1 aliphatic rings. The van der Waals surface area contributed by atoms with E-state index in [-0.39, 0.29) is 12.6 Å². The third-order valence-corrected chi connectivity index (χ3v) is 3.65. The zero-order valence-corrected chi connectivity index (χ0v) is 12.4. The van der Waals surface area contributed by atoms with Crippen molar-refractivity contribution >= 4 is 6.03 Å². The second kappa shape index (κ2) is 7.70. The average molecular weight is 286 g/mol. The van der Waals surface area contributed by atoms with Crippen LogP contribution in [0.2, 0.25) is 0 Å². The summed E-state index contributed by atoms with van der Waals surface area (Å²) < 4.78 is 0. The Labute approximate surface area is 126 Å². The molecule has 1 heterocycles. The van der Waals surface area contributed by atoms with Gasteiger partial charge in [-0.3, -0.25) is 0 Å². The highest BCUT2D eigenvalue weighted by Crippen LogP contribution is 2.15. The molecule has 1 aromatic carbocycles.